The number of ketones is 1. The van der Waals surface area contributed by atoms with Crippen molar-refractivity contribution >= 4 is 49.3 Å². The van der Waals surface area contributed by atoms with Crippen LogP contribution in [0.25, 0.3) is 21.9 Å². The number of Topliss-reactive ketones (excluding diaryl/α,β-unsaturated/α-hetero) is 1. The SMILES string of the molecule is O=C(CCCc1ccc2c(c1)c1cc(Cl)cnc1n2S(=O)(=O)c1ccccc1)c1ccccc1. The predicted octanol–water partition coefficient (Wildman–Crippen LogP) is 6.29. The molecule has 0 aliphatic carbocycles. The summed E-state index contributed by atoms with van der Waals surface area (Å²) in [6.07, 6.45) is 3.29. The number of aryl methyl sites for hydroxylation is 1. The van der Waals surface area contributed by atoms with Gasteiger partial charge in [0.15, 0.2) is 11.4 Å². The molecule has 0 saturated carbocycles. The van der Waals surface area contributed by atoms with E-state index in [1.807, 2.05) is 42.5 Å². The Morgan fingerprint density at radius 3 is 2.32 bits per heavy atom. The van der Waals surface area contributed by atoms with Crippen LogP contribution >= 0.6 is 11.6 Å². The van der Waals surface area contributed by atoms with Gasteiger partial charge < -0.3 is 0 Å². The Labute approximate surface area is 202 Å². The molecule has 0 aliphatic heterocycles. The van der Waals surface area contributed by atoms with Gasteiger partial charge in [-0.05, 0) is 48.7 Å². The number of fused-ring (bicyclic) bond motifs is 3. The van der Waals surface area contributed by atoms with Crippen molar-refractivity contribution in [3.05, 3.63) is 107 Å². The molecular weight excluding hydrogens is 468 g/mol. The van der Waals surface area contributed by atoms with E-state index >= 15 is 0 Å². The number of rotatable bonds is 7. The Kier molecular flexibility index (Phi) is 5.94. The first-order valence-electron chi connectivity index (χ1n) is 10.9. The minimum Gasteiger partial charge on any atom is -0.294 e. The second kappa shape index (κ2) is 9.05. The normalized spacial score (nSPS) is 11.8. The van der Waals surface area contributed by atoms with Crippen LogP contribution in [-0.4, -0.2) is 23.2 Å². The lowest BCUT2D eigenvalue weighted by molar-refractivity contribution is 0.0980. The van der Waals surface area contributed by atoms with Gasteiger partial charge in [0.25, 0.3) is 10.0 Å². The van der Waals surface area contributed by atoms with Gasteiger partial charge in [0.2, 0.25) is 0 Å². The summed E-state index contributed by atoms with van der Waals surface area (Å²) in [6.45, 7) is 0. The molecule has 3 aromatic carbocycles. The summed E-state index contributed by atoms with van der Waals surface area (Å²) in [4.78, 5) is 17.0. The molecule has 170 valence electrons. The van der Waals surface area contributed by atoms with Crippen molar-refractivity contribution in [2.75, 3.05) is 0 Å². The molecule has 5 rings (SSSR count). The van der Waals surface area contributed by atoms with Gasteiger partial charge in [-0.25, -0.2) is 17.4 Å². The zero-order valence-electron chi connectivity index (χ0n) is 18.2. The van der Waals surface area contributed by atoms with E-state index in [1.165, 1.54) is 10.2 Å². The van der Waals surface area contributed by atoms with E-state index < -0.39 is 10.0 Å². The molecule has 0 N–H and O–H groups in total. The largest absolute Gasteiger partial charge is 0.294 e. The van der Waals surface area contributed by atoms with E-state index in [9.17, 15) is 13.2 Å². The highest BCUT2D eigenvalue weighted by Crippen LogP contribution is 2.33. The highest BCUT2D eigenvalue weighted by molar-refractivity contribution is 7.90. The van der Waals surface area contributed by atoms with Crippen LogP contribution in [0.3, 0.4) is 0 Å². The average molecular weight is 489 g/mol. The zero-order valence-corrected chi connectivity index (χ0v) is 19.8. The number of benzene rings is 3. The summed E-state index contributed by atoms with van der Waals surface area (Å²) in [5.41, 5.74) is 2.61. The number of halogens is 1. The van der Waals surface area contributed by atoms with Crippen molar-refractivity contribution in [1.29, 1.82) is 0 Å². The Morgan fingerprint density at radius 1 is 0.882 bits per heavy atom. The Hall–Kier alpha value is -3.48. The minimum atomic E-state index is -3.87. The number of aromatic nitrogens is 2. The van der Waals surface area contributed by atoms with Gasteiger partial charge in [0, 0.05) is 29.0 Å². The van der Waals surface area contributed by atoms with Gasteiger partial charge >= 0.3 is 0 Å². The van der Waals surface area contributed by atoms with Crippen LogP contribution in [0.4, 0.5) is 0 Å². The summed E-state index contributed by atoms with van der Waals surface area (Å²) in [7, 11) is -3.87. The number of nitrogens with zero attached hydrogens (tertiary/aromatic N) is 2. The topological polar surface area (TPSA) is 69.0 Å². The summed E-state index contributed by atoms with van der Waals surface area (Å²) in [5.74, 6) is 0.114. The maximum Gasteiger partial charge on any atom is 0.269 e. The third-order valence-electron chi connectivity index (χ3n) is 5.84. The standard InChI is InChI=1S/C27H21ClN2O3S/c28-21-17-24-23-16-19(8-7-13-26(31)20-9-3-1-4-10-20)14-15-25(23)30(27(24)29-18-21)34(32,33)22-11-5-2-6-12-22/h1-6,9-12,14-18H,7-8,13H2. The van der Waals surface area contributed by atoms with Crippen molar-refractivity contribution in [1.82, 2.24) is 8.96 Å². The first kappa shape index (κ1) is 22.3. The van der Waals surface area contributed by atoms with E-state index in [1.54, 1.807) is 42.5 Å². The highest BCUT2D eigenvalue weighted by atomic mass is 35.5. The summed E-state index contributed by atoms with van der Waals surface area (Å²) in [6, 6.07) is 25.0. The van der Waals surface area contributed by atoms with Crippen LogP contribution in [0.5, 0.6) is 0 Å². The molecule has 0 radical (unpaired) electrons. The first-order valence-corrected chi connectivity index (χ1v) is 12.7. The number of carbonyl (C=O) groups excluding carboxylic acids is 1. The third-order valence-corrected chi connectivity index (χ3v) is 7.77. The predicted molar refractivity (Wildman–Crippen MR) is 135 cm³/mol. The summed E-state index contributed by atoms with van der Waals surface area (Å²) >= 11 is 6.22. The molecule has 7 heteroatoms. The van der Waals surface area contributed by atoms with Gasteiger partial charge in [-0.3, -0.25) is 4.79 Å². The van der Waals surface area contributed by atoms with Crippen molar-refractivity contribution in [2.45, 2.75) is 24.2 Å². The number of hydrogen-bond donors (Lipinski definition) is 0. The third kappa shape index (κ3) is 4.11. The van der Waals surface area contributed by atoms with Crippen molar-refractivity contribution < 1.29 is 13.2 Å². The van der Waals surface area contributed by atoms with Gasteiger partial charge in [-0.2, -0.15) is 0 Å². The van der Waals surface area contributed by atoms with E-state index in [0.29, 0.717) is 46.4 Å². The van der Waals surface area contributed by atoms with E-state index in [-0.39, 0.29) is 10.7 Å². The highest BCUT2D eigenvalue weighted by Gasteiger charge is 2.24. The zero-order chi connectivity index (χ0) is 23.7. The molecule has 0 spiro atoms. The van der Waals surface area contributed by atoms with Crippen LogP contribution in [0.2, 0.25) is 5.02 Å². The Balaban J connectivity index is 1.52. The number of hydrogen-bond acceptors (Lipinski definition) is 4. The molecule has 0 bridgehead atoms. The maximum absolute atomic E-state index is 13.5. The molecule has 34 heavy (non-hydrogen) atoms. The lowest BCUT2D eigenvalue weighted by atomic mass is 10.0. The lowest BCUT2D eigenvalue weighted by Gasteiger charge is -2.09. The lowest BCUT2D eigenvalue weighted by Crippen LogP contribution is -2.13. The van der Waals surface area contributed by atoms with Gasteiger partial charge in [0.1, 0.15) is 0 Å². The van der Waals surface area contributed by atoms with E-state index in [2.05, 4.69) is 4.98 Å². The minimum absolute atomic E-state index is 0.114. The Bertz CT molecular complexity index is 1610. The molecule has 0 fully saturated rings. The van der Waals surface area contributed by atoms with Crippen LogP contribution in [0.15, 0.2) is 96.0 Å². The molecule has 0 atom stereocenters. The van der Waals surface area contributed by atoms with E-state index in [4.69, 9.17) is 11.6 Å². The second-order valence-electron chi connectivity index (χ2n) is 8.10. The van der Waals surface area contributed by atoms with Crippen molar-refractivity contribution in [3.8, 4) is 0 Å². The van der Waals surface area contributed by atoms with Crippen LogP contribution in [0.1, 0.15) is 28.8 Å². The molecule has 2 aromatic heterocycles. The molecule has 0 aliphatic rings. The molecule has 2 heterocycles. The van der Waals surface area contributed by atoms with Gasteiger partial charge in [0.05, 0.1) is 15.4 Å². The monoisotopic (exact) mass is 488 g/mol. The van der Waals surface area contributed by atoms with Gasteiger partial charge in [-0.15, -0.1) is 0 Å². The van der Waals surface area contributed by atoms with Crippen LogP contribution < -0.4 is 0 Å². The summed E-state index contributed by atoms with van der Waals surface area (Å²) in [5, 5.41) is 1.86. The molecule has 5 aromatic rings. The number of pyridine rings is 1. The molecular formula is C27H21ClN2O3S. The van der Waals surface area contributed by atoms with Crippen LogP contribution in [0, 0.1) is 0 Å². The smallest absolute Gasteiger partial charge is 0.269 e. The fraction of sp³-hybridized carbons (Fsp3) is 0.111. The second-order valence-corrected chi connectivity index (χ2v) is 10.3. The average Bonchev–Trinajstić information content (AvgIpc) is 3.18. The van der Waals surface area contributed by atoms with Crippen molar-refractivity contribution in [2.24, 2.45) is 0 Å². The van der Waals surface area contributed by atoms with E-state index in [0.717, 1.165) is 10.9 Å². The Morgan fingerprint density at radius 2 is 1.59 bits per heavy atom. The fourth-order valence-electron chi connectivity index (χ4n) is 4.20. The molecule has 0 amide bonds. The fourth-order valence-corrected chi connectivity index (χ4v) is 5.86. The quantitative estimate of drug-likeness (QED) is 0.252. The molecule has 5 nitrogen and oxygen atoms in total. The number of carbonyl (C=O) groups is 1. The maximum atomic E-state index is 13.5. The van der Waals surface area contributed by atoms with Crippen molar-refractivity contribution in [3.63, 3.8) is 0 Å². The first-order chi connectivity index (χ1) is 16.4. The molecule has 0 unspecified atom stereocenters. The molecule has 0 saturated heterocycles. The van der Waals surface area contributed by atoms with Crippen LogP contribution in [-0.2, 0) is 16.4 Å². The summed E-state index contributed by atoms with van der Waals surface area (Å²) < 4.78 is 28.3. The van der Waals surface area contributed by atoms with Gasteiger partial charge in [-0.1, -0.05) is 66.2 Å².